The molecular weight excluding hydrogens is 370 g/mol. The molecule has 7 nitrogen and oxygen atoms in total. The third kappa shape index (κ3) is 5.65. The van der Waals surface area contributed by atoms with Crippen molar-refractivity contribution in [3.8, 4) is 0 Å². The summed E-state index contributed by atoms with van der Waals surface area (Å²) in [6, 6.07) is 14.1. The Morgan fingerprint density at radius 3 is 2.52 bits per heavy atom. The predicted molar refractivity (Wildman–Crippen MR) is 111 cm³/mol. The average Bonchev–Trinajstić information content (AvgIpc) is 3.24. The minimum absolute atomic E-state index is 0.0841. The van der Waals surface area contributed by atoms with Gasteiger partial charge in [0.15, 0.2) is 0 Å². The van der Waals surface area contributed by atoms with Gasteiger partial charge >= 0.3 is 0 Å². The molecule has 0 bridgehead atoms. The van der Waals surface area contributed by atoms with Gasteiger partial charge in [0.1, 0.15) is 6.10 Å². The second-order valence-electron chi connectivity index (χ2n) is 7.15. The van der Waals surface area contributed by atoms with Gasteiger partial charge in [0.2, 0.25) is 5.91 Å². The summed E-state index contributed by atoms with van der Waals surface area (Å²) < 4.78 is 5.37. The Morgan fingerprint density at radius 1 is 1.07 bits per heavy atom. The van der Waals surface area contributed by atoms with Crippen molar-refractivity contribution in [3.05, 3.63) is 59.7 Å². The molecule has 2 aromatic carbocycles. The first kappa shape index (κ1) is 20.5. The van der Waals surface area contributed by atoms with Crippen molar-refractivity contribution in [2.24, 2.45) is 0 Å². The lowest BCUT2D eigenvalue weighted by Gasteiger charge is -2.18. The standard InChI is InChI=1S/C22H25N3O4/c1-15-8-10-17(11-9-15)23-20(26)14-25(2)22(28)16-5-3-6-18(13-16)24-21(27)19-7-4-12-29-19/h3,5-6,8-11,13,19H,4,7,12,14H2,1-2H3,(H,23,26)(H,24,27). The van der Waals surface area contributed by atoms with Gasteiger partial charge in [0.25, 0.3) is 11.8 Å². The fourth-order valence-electron chi connectivity index (χ4n) is 3.08. The van der Waals surface area contributed by atoms with Crippen LogP contribution in [-0.4, -0.2) is 48.9 Å². The minimum atomic E-state index is -0.442. The quantitative estimate of drug-likeness (QED) is 0.787. The number of likely N-dealkylation sites (N-methyl/N-ethyl adjacent to an activating group) is 1. The van der Waals surface area contributed by atoms with Crippen LogP contribution in [0.15, 0.2) is 48.5 Å². The molecule has 1 atom stereocenters. The Kier molecular flexibility index (Phi) is 6.61. The van der Waals surface area contributed by atoms with Gasteiger partial charge in [-0.25, -0.2) is 0 Å². The smallest absolute Gasteiger partial charge is 0.254 e. The van der Waals surface area contributed by atoms with Gasteiger partial charge in [-0.05, 0) is 50.1 Å². The molecule has 0 aromatic heterocycles. The highest BCUT2D eigenvalue weighted by atomic mass is 16.5. The van der Waals surface area contributed by atoms with Crippen LogP contribution >= 0.6 is 0 Å². The Labute approximate surface area is 170 Å². The molecule has 1 aliphatic rings. The number of rotatable bonds is 6. The maximum absolute atomic E-state index is 12.7. The van der Waals surface area contributed by atoms with Gasteiger partial charge in [-0.3, -0.25) is 14.4 Å². The molecule has 1 fully saturated rings. The first-order chi connectivity index (χ1) is 13.9. The number of benzene rings is 2. The second kappa shape index (κ2) is 9.34. The highest BCUT2D eigenvalue weighted by Crippen LogP contribution is 2.17. The monoisotopic (exact) mass is 395 g/mol. The van der Waals surface area contributed by atoms with Gasteiger partial charge in [0, 0.05) is 30.6 Å². The van der Waals surface area contributed by atoms with E-state index in [0.717, 1.165) is 12.0 Å². The highest BCUT2D eigenvalue weighted by molar-refractivity contribution is 6.01. The van der Waals surface area contributed by atoms with Crippen molar-refractivity contribution in [1.82, 2.24) is 4.90 Å². The Bertz CT molecular complexity index is 889. The minimum Gasteiger partial charge on any atom is -0.368 e. The van der Waals surface area contributed by atoms with Crippen LogP contribution < -0.4 is 10.6 Å². The van der Waals surface area contributed by atoms with Crippen LogP contribution in [0.3, 0.4) is 0 Å². The second-order valence-corrected chi connectivity index (χ2v) is 7.15. The van der Waals surface area contributed by atoms with Crippen molar-refractivity contribution in [2.45, 2.75) is 25.9 Å². The van der Waals surface area contributed by atoms with Crippen LogP contribution in [-0.2, 0) is 14.3 Å². The molecule has 2 aromatic rings. The van der Waals surface area contributed by atoms with Crippen molar-refractivity contribution in [3.63, 3.8) is 0 Å². The van der Waals surface area contributed by atoms with Gasteiger partial charge in [0.05, 0.1) is 6.54 Å². The predicted octanol–water partition coefficient (Wildman–Crippen LogP) is 2.82. The first-order valence-corrected chi connectivity index (χ1v) is 9.57. The Morgan fingerprint density at radius 2 is 1.83 bits per heavy atom. The van der Waals surface area contributed by atoms with Gasteiger partial charge in [-0.2, -0.15) is 0 Å². The van der Waals surface area contributed by atoms with Crippen molar-refractivity contribution in [1.29, 1.82) is 0 Å². The van der Waals surface area contributed by atoms with Gasteiger partial charge in [-0.15, -0.1) is 0 Å². The Balaban J connectivity index is 1.57. The van der Waals surface area contributed by atoms with Crippen LogP contribution in [0.5, 0.6) is 0 Å². The van der Waals surface area contributed by atoms with E-state index >= 15 is 0 Å². The number of anilines is 2. The molecule has 3 rings (SSSR count). The average molecular weight is 395 g/mol. The molecule has 7 heteroatoms. The van der Waals surface area contributed by atoms with E-state index in [0.29, 0.717) is 30.0 Å². The molecule has 152 valence electrons. The third-order valence-corrected chi connectivity index (χ3v) is 4.66. The van der Waals surface area contributed by atoms with E-state index in [9.17, 15) is 14.4 Å². The van der Waals surface area contributed by atoms with Crippen molar-refractivity contribution < 1.29 is 19.1 Å². The van der Waals surface area contributed by atoms with Gasteiger partial charge in [-0.1, -0.05) is 23.8 Å². The van der Waals surface area contributed by atoms with E-state index in [2.05, 4.69) is 10.6 Å². The van der Waals surface area contributed by atoms with Gasteiger partial charge < -0.3 is 20.3 Å². The number of nitrogens with zero attached hydrogens (tertiary/aromatic N) is 1. The number of hydrogen-bond acceptors (Lipinski definition) is 4. The molecule has 0 spiro atoms. The summed E-state index contributed by atoms with van der Waals surface area (Å²) in [5.41, 5.74) is 2.69. The van der Waals surface area contributed by atoms with E-state index in [-0.39, 0.29) is 24.3 Å². The topological polar surface area (TPSA) is 87.7 Å². The number of nitrogens with one attached hydrogen (secondary N) is 2. The Hall–Kier alpha value is -3.19. The summed E-state index contributed by atoms with van der Waals surface area (Å²) in [6.07, 6.45) is 1.12. The summed E-state index contributed by atoms with van der Waals surface area (Å²) in [6.45, 7) is 2.47. The zero-order valence-electron chi connectivity index (χ0n) is 16.6. The summed E-state index contributed by atoms with van der Waals surface area (Å²) >= 11 is 0. The van der Waals surface area contributed by atoms with E-state index in [1.54, 1.807) is 31.3 Å². The van der Waals surface area contributed by atoms with E-state index in [1.807, 2.05) is 31.2 Å². The fraction of sp³-hybridized carbons (Fsp3) is 0.318. The number of ether oxygens (including phenoxy) is 1. The van der Waals surface area contributed by atoms with Crippen LogP contribution in [0.1, 0.15) is 28.8 Å². The van der Waals surface area contributed by atoms with Crippen LogP contribution in [0, 0.1) is 6.92 Å². The number of carbonyl (C=O) groups is 3. The molecule has 0 aliphatic carbocycles. The zero-order valence-corrected chi connectivity index (χ0v) is 16.6. The summed E-state index contributed by atoms with van der Waals surface area (Å²) in [4.78, 5) is 38.4. The molecule has 3 amide bonds. The van der Waals surface area contributed by atoms with E-state index < -0.39 is 6.10 Å². The van der Waals surface area contributed by atoms with E-state index in [1.165, 1.54) is 4.90 Å². The third-order valence-electron chi connectivity index (χ3n) is 4.66. The van der Waals surface area contributed by atoms with Crippen molar-refractivity contribution >= 4 is 29.1 Å². The molecule has 0 radical (unpaired) electrons. The lowest BCUT2D eigenvalue weighted by Crippen LogP contribution is -2.35. The lowest BCUT2D eigenvalue weighted by atomic mass is 10.1. The number of carbonyl (C=O) groups excluding carboxylic acids is 3. The molecular formula is C22H25N3O4. The molecule has 1 unspecified atom stereocenters. The number of amides is 3. The van der Waals surface area contributed by atoms with E-state index in [4.69, 9.17) is 4.74 Å². The number of hydrogen-bond donors (Lipinski definition) is 2. The molecule has 2 N–H and O–H groups in total. The normalized spacial score (nSPS) is 15.6. The van der Waals surface area contributed by atoms with Crippen molar-refractivity contribution in [2.75, 3.05) is 30.8 Å². The highest BCUT2D eigenvalue weighted by Gasteiger charge is 2.24. The molecule has 29 heavy (non-hydrogen) atoms. The SMILES string of the molecule is Cc1ccc(NC(=O)CN(C)C(=O)c2cccc(NC(=O)C3CCCO3)c2)cc1. The maximum Gasteiger partial charge on any atom is 0.254 e. The zero-order chi connectivity index (χ0) is 20.8. The van der Waals surface area contributed by atoms with Crippen LogP contribution in [0.25, 0.3) is 0 Å². The molecule has 1 saturated heterocycles. The summed E-state index contributed by atoms with van der Waals surface area (Å²) in [5, 5.41) is 5.55. The summed E-state index contributed by atoms with van der Waals surface area (Å²) in [7, 11) is 1.56. The molecule has 1 heterocycles. The first-order valence-electron chi connectivity index (χ1n) is 9.57. The number of aryl methyl sites for hydroxylation is 1. The maximum atomic E-state index is 12.7. The lowest BCUT2D eigenvalue weighted by molar-refractivity contribution is -0.124. The molecule has 0 saturated carbocycles. The summed E-state index contributed by atoms with van der Waals surface area (Å²) in [5.74, 6) is -0.803. The largest absolute Gasteiger partial charge is 0.368 e. The molecule has 1 aliphatic heterocycles. The van der Waals surface area contributed by atoms with Crippen LogP contribution in [0.4, 0.5) is 11.4 Å². The van der Waals surface area contributed by atoms with Crippen LogP contribution in [0.2, 0.25) is 0 Å². The fourth-order valence-corrected chi connectivity index (χ4v) is 3.08.